The molecular weight excluding hydrogens is 404 g/mol. The van der Waals surface area contributed by atoms with Crippen molar-refractivity contribution in [2.24, 2.45) is 5.92 Å². The number of hydrogen-bond acceptors (Lipinski definition) is 6. The van der Waals surface area contributed by atoms with Gasteiger partial charge in [0.25, 0.3) is 0 Å². The Morgan fingerprint density at radius 3 is 2.81 bits per heavy atom. The predicted octanol–water partition coefficient (Wildman–Crippen LogP) is 1.99. The Hall–Kier alpha value is -3.26. The van der Waals surface area contributed by atoms with Crippen molar-refractivity contribution in [3.63, 3.8) is 0 Å². The van der Waals surface area contributed by atoms with Crippen LogP contribution in [0.1, 0.15) is 28.3 Å². The summed E-state index contributed by atoms with van der Waals surface area (Å²) in [6, 6.07) is 4.18. The summed E-state index contributed by atoms with van der Waals surface area (Å²) < 4.78 is 0. The normalized spacial score (nSPS) is 20.9. The highest BCUT2D eigenvalue weighted by Crippen LogP contribution is 2.42. The molecule has 5 rings (SSSR count). The van der Waals surface area contributed by atoms with Gasteiger partial charge in [-0.15, -0.1) is 0 Å². The fourth-order valence-corrected chi connectivity index (χ4v) is 5.31. The van der Waals surface area contributed by atoms with Crippen LogP contribution in [-0.4, -0.2) is 68.9 Å². The second kappa shape index (κ2) is 8.35. The summed E-state index contributed by atoms with van der Waals surface area (Å²) in [5.74, 6) is 1.16. The van der Waals surface area contributed by atoms with E-state index in [0.717, 1.165) is 53.9 Å². The Morgan fingerprint density at radius 1 is 1.25 bits per heavy atom. The van der Waals surface area contributed by atoms with Crippen LogP contribution >= 0.6 is 0 Å². The zero-order valence-electron chi connectivity index (χ0n) is 18.3. The van der Waals surface area contributed by atoms with Gasteiger partial charge in [0.2, 0.25) is 5.91 Å². The van der Waals surface area contributed by atoms with Crippen molar-refractivity contribution in [2.75, 3.05) is 37.7 Å². The number of anilines is 1. The zero-order chi connectivity index (χ0) is 22.2. The number of carbonyl (C=O) groups excluding carboxylic acids is 1. The van der Waals surface area contributed by atoms with Crippen molar-refractivity contribution in [1.29, 1.82) is 0 Å². The zero-order valence-corrected chi connectivity index (χ0v) is 18.3. The number of hydrogen-bond donors (Lipinski definition) is 2. The quantitative estimate of drug-likeness (QED) is 0.612. The number of aromatic amines is 1. The number of rotatable bonds is 4. The molecule has 2 aromatic heterocycles. The minimum Gasteiger partial charge on any atom is -0.396 e. The Labute approximate surface area is 187 Å². The lowest BCUT2D eigenvalue weighted by molar-refractivity contribution is -0.126. The topological polar surface area (TPSA) is 98.2 Å². The average Bonchev–Trinajstić information content (AvgIpc) is 3.31. The fourth-order valence-electron chi connectivity index (χ4n) is 5.31. The number of aliphatic hydroxyl groups excluding tert-OH is 1. The standard InChI is InChI=1S/C24H28N6O2/c1-3-22(32)29-6-8-30(9-7-29)24-18-10-16(13-31)17(11-21(18)25-14-26-24)23-15(2)4-5-20-19(23)12-27-28-20/h3-5,12,14,16-17,31H,1,6-11,13H2,2H3,(H,27,28)/t16-,17?/m0/s1. The van der Waals surface area contributed by atoms with E-state index in [1.165, 1.54) is 17.2 Å². The summed E-state index contributed by atoms with van der Waals surface area (Å²) in [5.41, 5.74) is 5.65. The van der Waals surface area contributed by atoms with E-state index < -0.39 is 0 Å². The minimum atomic E-state index is -0.0265. The van der Waals surface area contributed by atoms with Gasteiger partial charge >= 0.3 is 0 Å². The highest BCUT2D eigenvalue weighted by atomic mass is 16.3. The molecule has 2 atom stereocenters. The molecule has 0 bridgehead atoms. The number of fused-ring (bicyclic) bond motifs is 2. The maximum Gasteiger partial charge on any atom is 0.246 e. The molecule has 0 spiro atoms. The molecule has 2 N–H and O–H groups in total. The number of nitrogens with one attached hydrogen (secondary N) is 1. The SMILES string of the molecule is C=CC(=O)N1CCN(c2ncnc3c2C[C@@H](CO)C(c2c(C)ccc4[nH]ncc24)C3)CC1. The fraction of sp³-hybridized carbons (Fsp3) is 0.417. The smallest absolute Gasteiger partial charge is 0.246 e. The number of H-pyrrole nitrogens is 1. The van der Waals surface area contributed by atoms with E-state index in [1.807, 2.05) is 11.1 Å². The highest BCUT2D eigenvalue weighted by molar-refractivity contribution is 5.87. The Morgan fingerprint density at radius 2 is 2.06 bits per heavy atom. The van der Waals surface area contributed by atoms with Gasteiger partial charge in [-0.25, -0.2) is 9.97 Å². The van der Waals surface area contributed by atoms with Crippen LogP contribution in [0, 0.1) is 12.8 Å². The lowest BCUT2D eigenvalue weighted by Gasteiger charge is -2.38. The maximum absolute atomic E-state index is 11.9. The second-order valence-corrected chi connectivity index (χ2v) is 8.72. The summed E-state index contributed by atoms with van der Waals surface area (Å²) in [4.78, 5) is 25.3. The van der Waals surface area contributed by atoms with Crippen LogP contribution in [0.4, 0.5) is 5.82 Å². The van der Waals surface area contributed by atoms with Crippen LogP contribution in [0.15, 0.2) is 37.3 Å². The molecule has 1 aliphatic carbocycles. The summed E-state index contributed by atoms with van der Waals surface area (Å²) in [7, 11) is 0. The maximum atomic E-state index is 11.9. The monoisotopic (exact) mass is 432 g/mol. The van der Waals surface area contributed by atoms with Crippen molar-refractivity contribution >= 4 is 22.6 Å². The lowest BCUT2D eigenvalue weighted by atomic mass is 9.72. The van der Waals surface area contributed by atoms with E-state index in [1.54, 1.807) is 6.33 Å². The van der Waals surface area contributed by atoms with E-state index in [2.05, 4.69) is 50.7 Å². The molecule has 2 aliphatic rings. The number of aliphatic hydroxyl groups is 1. The van der Waals surface area contributed by atoms with Crippen molar-refractivity contribution < 1.29 is 9.90 Å². The molecule has 3 aromatic rings. The van der Waals surface area contributed by atoms with Gasteiger partial charge in [-0.3, -0.25) is 9.89 Å². The molecule has 1 aliphatic heterocycles. The molecule has 8 heteroatoms. The average molecular weight is 433 g/mol. The Kier molecular flexibility index (Phi) is 5.38. The molecule has 1 unspecified atom stereocenters. The largest absolute Gasteiger partial charge is 0.396 e. The number of benzene rings is 1. The number of aromatic nitrogens is 4. The lowest BCUT2D eigenvalue weighted by Crippen LogP contribution is -2.49. The Balaban J connectivity index is 1.47. The summed E-state index contributed by atoms with van der Waals surface area (Å²) in [6.45, 7) is 8.57. The number of nitrogens with zero attached hydrogens (tertiary/aromatic N) is 5. The van der Waals surface area contributed by atoms with Crippen LogP contribution in [0.3, 0.4) is 0 Å². The third-order valence-corrected chi connectivity index (χ3v) is 7.02. The summed E-state index contributed by atoms with van der Waals surface area (Å²) in [6.07, 6.45) is 6.40. The first-order valence-electron chi connectivity index (χ1n) is 11.1. The molecule has 3 heterocycles. The van der Waals surface area contributed by atoms with Crippen molar-refractivity contribution in [3.8, 4) is 0 Å². The molecule has 8 nitrogen and oxygen atoms in total. The van der Waals surface area contributed by atoms with Gasteiger partial charge in [0.15, 0.2) is 0 Å². The third-order valence-electron chi connectivity index (χ3n) is 7.02. The second-order valence-electron chi connectivity index (χ2n) is 8.72. The molecule has 1 fully saturated rings. The summed E-state index contributed by atoms with van der Waals surface area (Å²) in [5, 5.41) is 18.8. The van der Waals surface area contributed by atoms with Crippen LogP contribution in [0.2, 0.25) is 0 Å². The first kappa shape index (κ1) is 20.6. The molecular formula is C24H28N6O2. The highest BCUT2D eigenvalue weighted by Gasteiger charge is 2.35. The molecule has 0 saturated carbocycles. The van der Waals surface area contributed by atoms with Crippen molar-refractivity contribution in [2.45, 2.75) is 25.7 Å². The first-order chi connectivity index (χ1) is 15.6. The third kappa shape index (κ3) is 3.44. The minimum absolute atomic E-state index is 0.0265. The van der Waals surface area contributed by atoms with Gasteiger partial charge in [0, 0.05) is 49.4 Å². The van der Waals surface area contributed by atoms with Crippen LogP contribution in [0.25, 0.3) is 10.9 Å². The van der Waals surface area contributed by atoms with E-state index in [-0.39, 0.29) is 24.3 Å². The van der Waals surface area contributed by atoms with Crippen molar-refractivity contribution in [3.05, 3.63) is 59.7 Å². The summed E-state index contributed by atoms with van der Waals surface area (Å²) >= 11 is 0. The predicted molar refractivity (Wildman–Crippen MR) is 123 cm³/mol. The number of amides is 1. The molecule has 32 heavy (non-hydrogen) atoms. The van der Waals surface area contributed by atoms with Gasteiger partial charge in [-0.1, -0.05) is 12.6 Å². The van der Waals surface area contributed by atoms with E-state index >= 15 is 0 Å². The molecule has 0 radical (unpaired) electrons. The van der Waals surface area contributed by atoms with E-state index in [9.17, 15) is 9.90 Å². The van der Waals surface area contributed by atoms with Gasteiger partial charge in [-0.05, 0) is 54.9 Å². The molecule has 1 aromatic carbocycles. The molecule has 1 amide bonds. The molecule has 166 valence electrons. The van der Waals surface area contributed by atoms with Gasteiger partial charge in [-0.2, -0.15) is 5.10 Å². The van der Waals surface area contributed by atoms with Gasteiger partial charge in [0.1, 0.15) is 12.1 Å². The Bertz CT molecular complexity index is 1160. The number of piperazine rings is 1. The van der Waals surface area contributed by atoms with E-state index in [4.69, 9.17) is 0 Å². The first-order valence-corrected chi connectivity index (χ1v) is 11.1. The van der Waals surface area contributed by atoms with Crippen LogP contribution in [-0.2, 0) is 17.6 Å². The van der Waals surface area contributed by atoms with Crippen LogP contribution in [0.5, 0.6) is 0 Å². The number of carbonyl (C=O) groups is 1. The van der Waals surface area contributed by atoms with Gasteiger partial charge in [0.05, 0.1) is 11.7 Å². The number of aryl methyl sites for hydroxylation is 1. The van der Waals surface area contributed by atoms with Gasteiger partial charge < -0.3 is 14.9 Å². The van der Waals surface area contributed by atoms with E-state index in [0.29, 0.717) is 13.1 Å². The van der Waals surface area contributed by atoms with Crippen LogP contribution < -0.4 is 4.90 Å². The molecule has 1 saturated heterocycles. The van der Waals surface area contributed by atoms with Crippen molar-refractivity contribution in [1.82, 2.24) is 25.1 Å².